The van der Waals surface area contributed by atoms with E-state index in [0.717, 1.165) is 4.68 Å². The number of halogens is 5. The second kappa shape index (κ2) is 5.57. The molecule has 0 bridgehead atoms. The summed E-state index contributed by atoms with van der Waals surface area (Å²) in [4.78, 5) is 12.0. The molecule has 0 atom stereocenters. The normalized spacial score (nSPS) is 11.5. The zero-order chi connectivity index (χ0) is 15.8. The largest absolute Gasteiger partial charge is 0.435 e. The van der Waals surface area contributed by atoms with Gasteiger partial charge in [-0.3, -0.25) is 9.48 Å². The fraction of sp³-hybridized carbons (Fsp3) is 0.167. The van der Waals surface area contributed by atoms with Gasteiger partial charge in [0, 0.05) is 18.8 Å². The molecular weight excluding hydrogens is 330 g/mol. The van der Waals surface area contributed by atoms with Crippen LogP contribution in [0.25, 0.3) is 0 Å². The number of anilines is 1. The van der Waals surface area contributed by atoms with Crippen LogP contribution in [-0.4, -0.2) is 15.7 Å². The monoisotopic (exact) mass is 337 g/mol. The molecule has 21 heavy (non-hydrogen) atoms. The van der Waals surface area contributed by atoms with Crippen molar-refractivity contribution in [1.82, 2.24) is 9.78 Å². The van der Waals surface area contributed by atoms with E-state index in [1.54, 1.807) is 0 Å². The van der Waals surface area contributed by atoms with Crippen LogP contribution in [-0.2, 0) is 13.2 Å². The number of carbonyl (C=O) groups is 1. The molecule has 1 N–H and O–H groups in total. The molecule has 1 heterocycles. The van der Waals surface area contributed by atoms with E-state index in [2.05, 4.69) is 10.4 Å². The minimum absolute atomic E-state index is 0.218. The Labute approximate surface area is 127 Å². The summed E-state index contributed by atoms with van der Waals surface area (Å²) in [6.45, 7) is 0. The molecular formula is C12H8Cl2F3N3O. The summed E-state index contributed by atoms with van der Waals surface area (Å²) in [5.41, 5.74) is -1.05. The van der Waals surface area contributed by atoms with Crippen LogP contribution >= 0.6 is 23.2 Å². The van der Waals surface area contributed by atoms with Gasteiger partial charge in [0.15, 0.2) is 5.69 Å². The van der Waals surface area contributed by atoms with Crippen LogP contribution in [0.15, 0.2) is 24.3 Å². The van der Waals surface area contributed by atoms with Crippen molar-refractivity contribution in [1.29, 1.82) is 0 Å². The first kappa shape index (κ1) is 15.7. The number of nitrogens with one attached hydrogen (secondary N) is 1. The Morgan fingerprint density at radius 1 is 1.24 bits per heavy atom. The van der Waals surface area contributed by atoms with E-state index in [1.807, 2.05) is 0 Å². The Bertz CT molecular complexity index is 698. The van der Waals surface area contributed by atoms with Gasteiger partial charge in [-0.1, -0.05) is 23.2 Å². The predicted octanol–water partition coefficient (Wildman–Crippen LogP) is 4.00. The van der Waals surface area contributed by atoms with Gasteiger partial charge in [0.1, 0.15) is 5.69 Å². The van der Waals surface area contributed by atoms with Crippen LogP contribution in [0.4, 0.5) is 18.9 Å². The van der Waals surface area contributed by atoms with Gasteiger partial charge in [0.25, 0.3) is 5.91 Å². The van der Waals surface area contributed by atoms with Crippen molar-refractivity contribution < 1.29 is 18.0 Å². The molecule has 2 aromatic rings. The lowest BCUT2D eigenvalue weighted by molar-refractivity contribution is -0.141. The lowest BCUT2D eigenvalue weighted by atomic mass is 10.3. The van der Waals surface area contributed by atoms with Crippen LogP contribution < -0.4 is 5.32 Å². The fourth-order valence-corrected chi connectivity index (χ4v) is 1.89. The molecule has 1 aromatic heterocycles. The number of aryl methyl sites for hydroxylation is 1. The fourth-order valence-electron chi connectivity index (χ4n) is 1.59. The molecule has 0 aliphatic carbocycles. The maximum absolute atomic E-state index is 12.5. The van der Waals surface area contributed by atoms with Gasteiger partial charge >= 0.3 is 6.18 Å². The Morgan fingerprint density at radius 3 is 2.43 bits per heavy atom. The lowest BCUT2D eigenvalue weighted by Crippen LogP contribution is -2.16. The third kappa shape index (κ3) is 3.48. The summed E-state index contributed by atoms with van der Waals surface area (Å²) in [6, 6.07) is 5.01. The third-order valence-electron chi connectivity index (χ3n) is 2.58. The SMILES string of the molecule is Cn1nc(C(F)(F)F)cc1C(=O)Nc1ccc(Cl)c(Cl)c1. The van der Waals surface area contributed by atoms with Crippen LogP contribution in [0.1, 0.15) is 16.2 Å². The minimum atomic E-state index is -4.61. The molecule has 1 amide bonds. The second-order valence-electron chi connectivity index (χ2n) is 4.12. The van der Waals surface area contributed by atoms with Crippen molar-refractivity contribution >= 4 is 34.8 Å². The van der Waals surface area contributed by atoms with E-state index >= 15 is 0 Å². The molecule has 0 radical (unpaired) electrons. The van der Waals surface area contributed by atoms with Gasteiger partial charge in [-0.25, -0.2) is 0 Å². The van der Waals surface area contributed by atoms with Gasteiger partial charge in [-0.05, 0) is 18.2 Å². The van der Waals surface area contributed by atoms with Crippen molar-refractivity contribution in [3.63, 3.8) is 0 Å². The van der Waals surface area contributed by atoms with Crippen molar-refractivity contribution in [3.05, 3.63) is 45.7 Å². The number of hydrogen-bond acceptors (Lipinski definition) is 2. The topological polar surface area (TPSA) is 46.9 Å². The van der Waals surface area contributed by atoms with Gasteiger partial charge in [-0.15, -0.1) is 0 Å². The highest BCUT2D eigenvalue weighted by molar-refractivity contribution is 6.42. The number of nitrogens with zero attached hydrogens (tertiary/aromatic N) is 2. The Hall–Kier alpha value is -1.73. The number of alkyl halides is 3. The third-order valence-corrected chi connectivity index (χ3v) is 3.32. The van der Waals surface area contributed by atoms with Gasteiger partial charge in [0.2, 0.25) is 0 Å². The quantitative estimate of drug-likeness (QED) is 0.900. The van der Waals surface area contributed by atoms with Crippen molar-refractivity contribution in [3.8, 4) is 0 Å². The molecule has 0 unspecified atom stereocenters. The maximum Gasteiger partial charge on any atom is 0.435 e. The van der Waals surface area contributed by atoms with Crippen LogP contribution in [0, 0.1) is 0 Å². The maximum atomic E-state index is 12.5. The molecule has 1 aromatic carbocycles. The molecule has 0 spiro atoms. The molecule has 0 saturated carbocycles. The first-order chi connectivity index (χ1) is 9.68. The van der Waals surface area contributed by atoms with Crippen LogP contribution in [0.5, 0.6) is 0 Å². The lowest BCUT2D eigenvalue weighted by Gasteiger charge is -2.06. The smallest absolute Gasteiger partial charge is 0.321 e. The van der Waals surface area contributed by atoms with Crippen LogP contribution in [0.2, 0.25) is 10.0 Å². The number of rotatable bonds is 2. The van der Waals surface area contributed by atoms with E-state index < -0.39 is 17.8 Å². The first-order valence-corrected chi connectivity index (χ1v) is 6.31. The predicted molar refractivity (Wildman–Crippen MR) is 72.6 cm³/mol. The minimum Gasteiger partial charge on any atom is -0.321 e. The van der Waals surface area contributed by atoms with Gasteiger partial charge < -0.3 is 5.32 Å². The molecule has 0 aliphatic rings. The zero-order valence-corrected chi connectivity index (χ0v) is 12.0. The number of amides is 1. The Balaban J connectivity index is 2.24. The number of aromatic nitrogens is 2. The summed E-state index contributed by atoms with van der Waals surface area (Å²) in [5, 5.41) is 6.20. The van der Waals surface area contributed by atoms with Crippen molar-refractivity contribution in [2.75, 3.05) is 5.32 Å². The average Bonchev–Trinajstić information content (AvgIpc) is 2.76. The highest BCUT2D eigenvalue weighted by Gasteiger charge is 2.35. The molecule has 0 fully saturated rings. The summed E-state index contributed by atoms with van der Waals surface area (Å²) in [7, 11) is 1.25. The van der Waals surface area contributed by atoms with E-state index in [0.29, 0.717) is 16.8 Å². The van der Waals surface area contributed by atoms with Crippen molar-refractivity contribution in [2.24, 2.45) is 7.05 Å². The van der Waals surface area contributed by atoms with Crippen molar-refractivity contribution in [2.45, 2.75) is 6.18 Å². The van der Waals surface area contributed by atoms with Crippen LogP contribution in [0.3, 0.4) is 0 Å². The highest BCUT2D eigenvalue weighted by Crippen LogP contribution is 2.29. The average molecular weight is 338 g/mol. The molecule has 2 rings (SSSR count). The second-order valence-corrected chi connectivity index (χ2v) is 4.93. The molecule has 9 heteroatoms. The summed E-state index contributed by atoms with van der Waals surface area (Å²) >= 11 is 11.5. The summed E-state index contributed by atoms with van der Waals surface area (Å²) in [5.74, 6) is -0.737. The first-order valence-electron chi connectivity index (χ1n) is 5.56. The van der Waals surface area contributed by atoms with Gasteiger partial charge in [0.05, 0.1) is 10.0 Å². The Kier molecular flexibility index (Phi) is 4.15. The molecule has 112 valence electrons. The van der Waals surface area contributed by atoms with E-state index in [1.165, 1.54) is 25.2 Å². The Morgan fingerprint density at radius 2 is 1.90 bits per heavy atom. The standard InChI is InChI=1S/C12H8Cl2F3N3O/c1-20-9(5-10(19-20)12(15,16)17)11(21)18-6-2-3-7(13)8(14)4-6/h2-5H,1H3,(H,18,21). The molecule has 0 saturated heterocycles. The number of carbonyl (C=O) groups excluding carboxylic acids is 1. The highest BCUT2D eigenvalue weighted by atomic mass is 35.5. The van der Waals surface area contributed by atoms with Gasteiger partial charge in [-0.2, -0.15) is 18.3 Å². The van der Waals surface area contributed by atoms with E-state index in [4.69, 9.17) is 23.2 Å². The van der Waals surface area contributed by atoms with E-state index in [-0.39, 0.29) is 10.7 Å². The number of benzene rings is 1. The summed E-state index contributed by atoms with van der Waals surface area (Å²) < 4.78 is 38.4. The molecule has 0 aliphatic heterocycles. The molecule has 4 nitrogen and oxygen atoms in total. The zero-order valence-electron chi connectivity index (χ0n) is 10.5. The number of hydrogen-bond donors (Lipinski definition) is 1. The van der Waals surface area contributed by atoms with E-state index in [9.17, 15) is 18.0 Å². The summed E-state index contributed by atoms with van der Waals surface area (Å²) in [6.07, 6.45) is -4.61.